The van der Waals surface area contributed by atoms with Gasteiger partial charge in [0.05, 0.1) is 73.1 Å². The second-order valence-electron chi connectivity index (χ2n) is 31.3. The van der Waals surface area contributed by atoms with Crippen molar-refractivity contribution < 1.29 is 19.2 Å². The fourth-order valence-electron chi connectivity index (χ4n) is 16.1. The van der Waals surface area contributed by atoms with Crippen LogP contribution in [0.15, 0.2) is 115 Å². The number of aryl methyl sites for hydroxylation is 10. The Morgan fingerprint density at radius 3 is 0.902 bits per heavy atom. The molecule has 0 aliphatic carbocycles. The lowest BCUT2D eigenvalue weighted by atomic mass is 10.1. The van der Waals surface area contributed by atoms with Crippen LogP contribution < -0.4 is 94.1 Å². The van der Waals surface area contributed by atoms with Gasteiger partial charge in [0.1, 0.15) is 27.6 Å². The molecule has 0 unspecified atom stereocenters. The standard InChI is InChI=1S/2C19H24N6O2.C18H24N6O2.C16H19N5O2.C14H17N5O/c2*1-11-16-17(24-23-11)13-10-12(22-18(26)14-4-2-8-21-14)5-6-15(13)25(19(16)27)9-3-7-20;1-11-16-17(22-21-11)13-9-12(20-15(25)10-23(2)3)5-6-14(13)24(18(16)26)8-4-7-19;1-9-14-15(20-19-9)12-8-11(18-10(2)22)4-5-13(12)21(16(14)23)7-3-6-17;1-8-12-13(18-17-8)10-7-9(16)3-4-11(10)19(14(12)20)6-2-5-15/h2*5-6,10,14,21H,2-4,7-9,20H2,1H3,(H,22,26)(H,23,24);5-6,9H,4,7-8,10,19H2,1-3H3,(H,20,25)(H,21,22);4-5,8H,3,6-7,17H2,1-2H3,(H,18,22)(H,19,20);3-4,7H,2,5-6,15-16H2,1H3,(H,17,18)/t2*14-;;;/m10.../s1. The van der Waals surface area contributed by atoms with Gasteiger partial charge in [-0.2, -0.15) is 25.5 Å². The molecule has 12 heterocycles. The highest BCUT2D eigenvalue weighted by molar-refractivity contribution is 6.11. The summed E-state index contributed by atoms with van der Waals surface area (Å²) in [6.07, 6.45) is 7.31. The second kappa shape index (κ2) is 38.7. The van der Waals surface area contributed by atoms with Crippen LogP contribution >= 0.6 is 0 Å². The van der Waals surface area contributed by atoms with Gasteiger partial charge >= 0.3 is 0 Å². The molecule has 17 rings (SSSR count). The summed E-state index contributed by atoms with van der Waals surface area (Å²) in [7, 11) is 3.68. The third-order valence-electron chi connectivity index (χ3n) is 22.0. The number of carbonyl (C=O) groups is 4. The van der Waals surface area contributed by atoms with E-state index in [0.29, 0.717) is 181 Å². The van der Waals surface area contributed by atoms with Gasteiger partial charge in [-0.05, 0) is 243 Å². The van der Waals surface area contributed by atoms with Crippen molar-refractivity contribution in [1.82, 2.24) is 89.4 Å². The molecule has 123 heavy (non-hydrogen) atoms. The van der Waals surface area contributed by atoms with Crippen molar-refractivity contribution in [3.05, 3.63) is 171 Å². The van der Waals surface area contributed by atoms with E-state index < -0.39 is 0 Å². The molecule has 37 heteroatoms. The third kappa shape index (κ3) is 18.6. The number of benzene rings is 5. The van der Waals surface area contributed by atoms with E-state index in [2.05, 4.69) is 82.9 Å². The summed E-state index contributed by atoms with van der Waals surface area (Å²) < 4.78 is 8.71. The number of nitrogens with zero attached hydrogens (tertiary/aromatic N) is 11. The largest absolute Gasteiger partial charge is 0.399 e. The van der Waals surface area contributed by atoms with Crippen molar-refractivity contribution in [2.45, 2.75) is 144 Å². The average Bonchev–Trinajstić information content (AvgIpc) is 1.68. The minimum Gasteiger partial charge on any atom is -0.399 e. The highest BCUT2D eigenvalue weighted by Crippen LogP contribution is 2.32. The number of nitrogen functional groups attached to an aromatic ring is 1. The highest BCUT2D eigenvalue weighted by atomic mass is 16.2. The SMILES string of the molecule is CC(=O)Nc1ccc2c(c1)c1n[nH]c(C)c1c(=O)n2CCCN.Cc1[nH]nc2c1c(=O)n(CCCN)c1ccc(N)cc21.Cc1[nH]nc2c1c(=O)n(CCCN)c1ccc(NC(=O)CN(C)C)cc21.Cc1[nH]nc2c1c(=O)n(CCCN)c1ccc(NC(=O)[C@@H]3CCCN3)cc21.Cc1[nH]nc2c1c(=O)n(CCCN)c1ccc(NC(=O)[C@H]3CCCN3)cc21. The Morgan fingerprint density at radius 1 is 0.390 bits per heavy atom. The second-order valence-corrected chi connectivity index (χ2v) is 31.3. The number of hydrogen-bond donors (Lipinski definition) is 17. The number of aromatic amines is 5. The van der Waals surface area contributed by atoms with Crippen LogP contribution in [-0.4, -0.2) is 181 Å². The molecular formula is C86H108N28O9. The summed E-state index contributed by atoms with van der Waals surface area (Å²) in [4.78, 5) is 114. The van der Waals surface area contributed by atoms with Gasteiger partial charge in [0.2, 0.25) is 23.6 Å². The number of aromatic nitrogens is 15. The maximum atomic E-state index is 13.0. The first-order valence-corrected chi connectivity index (χ1v) is 41.4. The zero-order valence-electron chi connectivity index (χ0n) is 70.4. The van der Waals surface area contributed by atoms with Crippen molar-refractivity contribution in [3.8, 4) is 0 Å². The van der Waals surface area contributed by atoms with E-state index in [0.717, 1.165) is 128 Å². The van der Waals surface area contributed by atoms with Crippen molar-refractivity contribution >= 4 is 161 Å². The summed E-state index contributed by atoms with van der Waals surface area (Å²) in [5.41, 5.74) is 48.0. The van der Waals surface area contributed by atoms with E-state index in [9.17, 15) is 43.2 Å². The lowest BCUT2D eigenvalue weighted by Gasteiger charge is -2.14. The van der Waals surface area contributed by atoms with Gasteiger partial charge in [0, 0.05) is 123 Å². The van der Waals surface area contributed by atoms with Gasteiger partial charge in [-0.3, -0.25) is 68.6 Å². The van der Waals surface area contributed by atoms with Crippen LogP contribution in [-0.2, 0) is 51.9 Å². The van der Waals surface area contributed by atoms with Crippen molar-refractivity contribution in [2.24, 2.45) is 28.7 Å². The molecule has 2 saturated heterocycles. The van der Waals surface area contributed by atoms with E-state index in [1.54, 1.807) is 45.9 Å². The van der Waals surface area contributed by atoms with Crippen LogP contribution in [0.25, 0.3) is 109 Å². The molecule has 2 fully saturated rings. The number of nitrogens with one attached hydrogen (secondary N) is 11. The zero-order valence-corrected chi connectivity index (χ0v) is 70.4. The van der Waals surface area contributed by atoms with E-state index >= 15 is 0 Å². The number of anilines is 5. The van der Waals surface area contributed by atoms with Crippen molar-refractivity contribution in [2.75, 3.05) is 93.5 Å². The fraction of sp³-hybridized carbons (Fsp3) is 0.372. The Balaban J connectivity index is 0.000000133. The predicted molar refractivity (Wildman–Crippen MR) is 487 cm³/mol. The highest BCUT2D eigenvalue weighted by Gasteiger charge is 2.27. The number of rotatable bonds is 23. The summed E-state index contributed by atoms with van der Waals surface area (Å²) >= 11 is 0. The van der Waals surface area contributed by atoms with Crippen LogP contribution in [0.5, 0.6) is 0 Å². The molecule has 37 nitrogen and oxygen atoms in total. The number of carbonyl (C=O) groups excluding carboxylic acids is 4. The number of hydrogen-bond acceptors (Lipinski definition) is 23. The number of likely N-dealkylation sites (N-methyl/N-ethyl adjacent to an activating group) is 1. The number of fused-ring (bicyclic) bond motifs is 15. The minimum atomic E-state index is -0.146. The molecule has 2 aliphatic heterocycles. The number of nitrogens with two attached hydrogens (primary N) is 6. The molecule has 15 aromatic rings. The first-order valence-electron chi connectivity index (χ1n) is 41.4. The van der Waals surface area contributed by atoms with Gasteiger partial charge < -0.3 is 94.0 Å². The molecule has 2 aliphatic rings. The fourth-order valence-corrected chi connectivity index (χ4v) is 16.1. The first kappa shape index (κ1) is 87.7. The smallest absolute Gasteiger partial charge is 0.262 e. The molecule has 2 atom stereocenters. The van der Waals surface area contributed by atoms with E-state index in [1.165, 1.54) is 6.92 Å². The molecule has 10 aromatic heterocycles. The van der Waals surface area contributed by atoms with Crippen LogP contribution in [0.3, 0.4) is 0 Å². The monoisotopic (exact) mass is 1680 g/mol. The minimum absolute atomic E-state index is 0.0299. The Hall–Kier alpha value is -13.1. The van der Waals surface area contributed by atoms with Crippen LogP contribution in [0.4, 0.5) is 28.4 Å². The molecule has 5 aromatic carbocycles. The summed E-state index contributed by atoms with van der Waals surface area (Å²) in [6, 6.07) is 27.4. The van der Waals surface area contributed by atoms with E-state index in [1.807, 2.05) is 122 Å². The zero-order chi connectivity index (χ0) is 87.6. The predicted octanol–water partition coefficient (Wildman–Crippen LogP) is 6.10. The van der Waals surface area contributed by atoms with Gasteiger partial charge in [-0.15, -0.1) is 0 Å². The normalized spacial score (nSPS) is 13.9. The Bertz CT molecular complexity index is 6650. The first-order chi connectivity index (χ1) is 59.3. The molecule has 0 saturated carbocycles. The van der Waals surface area contributed by atoms with Gasteiger partial charge in [0.25, 0.3) is 27.8 Å². The summed E-state index contributed by atoms with van der Waals surface area (Å²) in [5.74, 6) is -0.300. The Labute approximate surface area is 703 Å². The van der Waals surface area contributed by atoms with Crippen LogP contribution in [0.2, 0.25) is 0 Å². The number of pyridine rings is 5. The van der Waals surface area contributed by atoms with Crippen molar-refractivity contribution in [1.29, 1.82) is 0 Å². The third-order valence-corrected chi connectivity index (χ3v) is 22.0. The van der Waals surface area contributed by atoms with E-state index in [-0.39, 0.29) is 63.5 Å². The summed E-state index contributed by atoms with van der Waals surface area (Å²) in [5, 5.41) is 61.2. The maximum absolute atomic E-state index is 13.0. The molecule has 0 spiro atoms. The van der Waals surface area contributed by atoms with Gasteiger partial charge in [-0.25, -0.2) is 0 Å². The van der Waals surface area contributed by atoms with Crippen LogP contribution in [0.1, 0.15) is 93.2 Å². The van der Waals surface area contributed by atoms with Gasteiger partial charge in [0.15, 0.2) is 0 Å². The van der Waals surface area contributed by atoms with Crippen LogP contribution in [0, 0.1) is 34.6 Å². The number of amides is 4. The lowest BCUT2D eigenvalue weighted by molar-refractivity contribution is -0.118. The molecule has 4 amide bonds. The van der Waals surface area contributed by atoms with Gasteiger partial charge in [-0.1, -0.05) is 0 Å². The molecular weight excluding hydrogens is 1570 g/mol. The number of H-pyrrole nitrogens is 5. The quantitative estimate of drug-likeness (QED) is 0.0322. The topological polar surface area (TPSA) is 553 Å². The molecule has 23 N–H and O–H groups in total. The molecule has 0 radical (unpaired) electrons. The summed E-state index contributed by atoms with van der Waals surface area (Å²) in [6.45, 7) is 18.1. The van der Waals surface area contributed by atoms with E-state index in [4.69, 9.17) is 34.4 Å². The molecule has 646 valence electrons. The lowest BCUT2D eigenvalue weighted by Crippen LogP contribution is -2.35. The maximum Gasteiger partial charge on any atom is 0.262 e. The molecule has 0 bridgehead atoms. The Morgan fingerprint density at radius 2 is 0.650 bits per heavy atom. The Kier molecular flexibility index (Phi) is 27.6. The van der Waals surface area contributed by atoms with Crippen molar-refractivity contribution in [3.63, 3.8) is 0 Å². The average molecular weight is 1680 g/mol.